The van der Waals surface area contributed by atoms with Crippen LogP contribution in [0.3, 0.4) is 0 Å². The summed E-state index contributed by atoms with van der Waals surface area (Å²) in [6.45, 7) is 3.27. The molecule has 1 saturated carbocycles. The van der Waals surface area contributed by atoms with Gasteiger partial charge in [0.2, 0.25) is 0 Å². The van der Waals surface area contributed by atoms with Crippen molar-refractivity contribution in [1.82, 2.24) is 10.2 Å². The summed E-state index contributed by atoms with van der Waals surface area (Å²) in [7, 11) is 1.67. The van der Waals surface area contributed by atoms with Gasteiger partial charge in [0.05, 0.1) is 6.61 Å². The first-order chi connectivity index (χ1) is 12.6. The van der Waals surface area contributed by atoms with Crippen molar-refractivity contribution in [2.45, 2.75) is 58.0 Å². The Morgan fingerprint density at radius 2 is 2.04 bits per heavy atom. The van der Waals surface area contributed by atoms with Gasteiger partial charge in [0.25, 0.3) is 5.91 Å². The van der Waals surface area contributed by atoms with Crippen molar-refractivity contribution in [3.05, 3.63) is 29.8 Å². The molecule has 26 heavy (non-hydrogen) atoms. The molecule has 0 bridgehead atoms. The molecule has 2 N–H and O–H groups in total. The number of carbonyl (C=O) groups is 1. The summed E-state index contributed by atoms with van der Waals surface area (Å²) in [6, 6.07) is 8.34. The summed E-state index contributed by atoms with van der Waals surface area (Å²) in [5, 5.41) is 12.5. The summed E-state index contributed by atoms with van der Waals surface area (Å²) in [4.78, 5) is 13.5. The van der Waals surface area contributed by atoms with Gasteiger partial charge >= 0.3 is 0 Å². The van der Waals surface area contributed by atoms with E-state index in [0.29, 0.717) is 12.6 Å². The van der Waals surface area contributed by atoms with E-state index in [1.165, 1.54) is 43.4 Å². The van der Waals surface area contributed by atoms with Gasteiger partial charge in [0, 0.05) is 31.7 Å². The monoisotopic (exact) mass is 362 g/mol. The molecule has 1 aromatic carbocycles. The molecule has 1 unspecified atom stereocenters. The third-order valence-electron chi connectivity index (χ3n) is 5.24. The first-order valence-electron chi connectivity index (χ1n) is 9.89. The number of aliphatic hydroxyl groups excluding tert-OH is 1. The molecule has 0 aromatic heterocycles. The molecule has 1 aromatic rings. The lowest BCUT2D eigenvalue weighted by Gasteiger charge is -2.25. The zero-order chi connectivity index (χ0) is 18.8. The van der Waals surface area contributed by atoms with Crippen LogP contribution in [0.2, 0.25) is 0 Å². The predicted octanol–water partition coefficient (Wildman–Crippen LogP) is 2.96. The summed E-state index contributed by atoms with van der Waals surface area (Å²) < 4.78 is 5.74. The first-order valence-corrected chi connectivity index (χ1v) is 9.89. The molecule has 0 spiro atoms. The minimum absolute atomic E-state index is 0.00879. The fourth-order valence-corrected chi connectivity index (χ4v) is 3.61. The van der Waals surface area contributed by atoms with E-state index >= 15 is 0 Å². The number of hydrogen-bond acceptors (Lipinski definition) is 4. The number of amides is 1. The molecule has 0 saturated heterocycles. The van der Waals surface area contributed by atoms with Crippen molar-refractivity contribution in [2.24, 2.45) is 5.92 Å². The normalized spacial score (nSPS) is 16.3. The minimum Gasteiger partial charge on any atom is -0.483 e. The standard InChI is InChI=1S/C21H34N2O3/c1-17(14-18-8-4-3-5-9-18)22-15-19-10-6-7-11-20(19)26-16-21(25)23(2)12-13-24/h6-7,10-11,17-18,22,24H,3-5,8-9,12-16H2,1-2H3. The van der Waals surface area contributed by atoms with Gasteiger partial charge in [-0.15, -0.1) is 0 Å². The van der Waals surface area contributed by atoms with E-state index in [0.717, 1.165) is 23.8 Å². The number of aliphatic hydroxyl groups is 1. The Morgan fingerprint density at radius 3 is 2.77 bits per heavy atom. The molecule has 5 nitrogen and oxygen atoms in total. The van der Waals surface area contributed by atoms with Crippen molar-refractivity contribution < 1.29 is 14.6 Å². The SMILES string of the molecule is CC(CC1CCCCC1)NCc1ccccc1OCC(=O)N(C)CCO. The van der Waals surface area contributed by atoms with E-state index in [1.54, 1.807) is 7.05 Å². The van der Waals surface area contributed by atoms with Crippen LogP contribution in [0.15, 0.2) is 24.3 Å². The first kappa shape index (κ1) is 20.7. The number of rotatable bonds is 10. The van der Waals surface area contributed by atoms with E-state index < -0.39 is 0 Å². The largest absolute Gasteiger partial charge is 0.483 e. The Hall–Kier alpha value is -1.59. The lowest BCUT2D eigenvalue weighted by atomic mass is 9.85. The molecule has 0 radical (unpaired) electrons. The number of benzene rings is 1. The zero-order valence-electron chi connectivity index (χ0n) is 16.2. The molecule has 0 aliphatic heterocycles. The number of hydrogen-bond donors (Lipinski definition) is 2. The van der Waals surface area contributed by atoms with Gasteiger partial charge in [-0.3, -0.25) is 4.79 Å². The van der Waals surface area contributed by atoms with Crippen molar-refractivity contribution in [3.8, 4) is 5.75 Å². The zero-order valence-corrected chi connectivity index (χ0v) is 16.2. The lowest BCUT2D eigenvalue weighted by molar-refractivity contribution is -0.132. The molecule has 1 fully saturated rings. The topological polar surface area (TPSA) is 61.8 Å². The highest BCUT2D eigenvalue weighted by molar-refractivity contribution is 5.77. The fourth-order valence-electron chi connectivity index (χ4n) is 3.61. The van der Waals surface area contributed by atoms with Gasteiger partial charge in [0.1, 0.15) is 5.75 Å². The van der Waals surface area contributed by atoms with E-state index in [-0.39, 0.29) is 19.1 Å². The van der Waals surface area contributed by atoms with Crippen LogP contribution in [-0.4, -0.2) is 48.8 Å². The number of nitrogens with one attached hydrogen (secondary N) is 1. The summed E-state index contributed by atoms with van der Waals surface area (Å²) >= 11 is 0. The van der Waals surface area contributed by atoms with Crippen LogP contribution >= 0.6 is 0 Å². The minimum atomic E-state index is -0.132. The van der Waals surface area contributed by atoms with Crippen molar-refractivity contribution in [2.75, 3.05) is 26.8 Å². The maximum absolute atomic E-state index is 12.0. The molecule has 1 aliphatic rings. The van der Waals surface area contributed by atoms with Gasteiger partial charge in [-0.1, -0.05) is 50.3 Å². The number of ether oxygens (including phenoxy) is 1. The average molecular weight is 363 g/mol. The second kappa shape index (κ2) is 11.2. The third kappa shape index (κ3) is 6.96. The average Bonchev–Trinajstić information content (AvgIpc) is 2.66. The van der Waals surface area contributed by atoms with Crippen LogP contribution in [0, 0.1) is 5.92 Å². The molecule has 146 valence electrons. The van der Waals surface area contributed by atoms with E-state index in [4.69, 9.17) is 9.84 Å². The van der Waals surface area contributed by atoms with Crippen LogP contribution in [0.4, 0.5) is 0 Å². The van der Waals surface area contributed by atoms with Gasteiger partial charge in [-0.25, -0.2) is 0 Å². The Labute approximate surface area is 157 Å². The van der Waals surface area contributed by atoms with E-state index in [2.05, 4.69) is 12.2 Å². The maximum Gasteiger partial charge on any atom is 0.260 e. The van der Waals surface area contributed by atoms with Crippen LogP contribution in [-0.2, 0) is 11.3 Å². The smallest absolute Gasteiger partial charge is 0.260 e. The van der Waals surface area contributed by atoms with Crippen molar-refractivity contribution >= 4 is 5.91 Å². The Balaban J connectivity index is 1.81. The quantitative estimate of drug-likeness (QED) is 0.672. The van der Waals surface area contributed by atoms with Gasteiger partial charge < -0.3 is 20.1 Å². The highest BCUT2D eigenvalue weighted by Crippen LogP contribution is 2.27. The Kier molecular flexibility index (Phi) is 8.92. The summed E-state index contributed by atoms with van der Waals surface area (Å²) in [5.41, 5.74) is 1.07. The van der Waals surface area contributed by atoms with E-state index in [9.17, 15) is 4.79 Å². The fraction of sp³-hybridized carbons (Fsp3) is 0.667. The van der Waals surface area contributed by atoms with Gasteiger partial charge in [0.15, 0.2) is 6.61 Å². The van der Waals surface area contributed by atoms with Crippen LogP contribution in [0.1, 0.15) is 51.0 Å². The van der Waals surface area contributed by atoms with Crippen LogP contribution < -0.4 is 10.1 Å². The maximum atomic E-state index is 12.0. The Bertz CT molecular complexity index is 544. The highest BCUT2D eigenvalue weighted by atomic mass is 16.5. The lowest BCUT2D eigenvalue weighted by Crippen LogP contribution is -2.33. The van der Waals surface area contributed by atoms with Gasteiger partial charge in [-0.2, -0.15) is 0 Å². The molecule has 1 atom stereocenters. The molecule has 1 amide bonds. The highest BCUT2D eigenvalue weighted by Gasteiger charge is 2.17. The van der Waals surface area contributed by atoms with Crippen molar-refractivity contribution in [1.29, 1.82) is 0 Å². The number of likely N-dealkylation sites (N-methyl/N-ethyl adjacent to an activating group) is 1. The Morgan fingerprint density at radius 1 is 1.31 bits per heavy atom. The summed E-state index contributed by atoms with van der Waals surface area (Å²) in [6.07, 6.45) is 8.13. The summed E-state index contributed by atoms with van der Waals surface area (Å²) in [5.74, 6) is 1.47. The molecule has 1 aliphatic carbocycles. The van der Waals surface area contributed by atoms with Gasteiger partial charge in [-0.05, 0) is 25.3 Å². The predicted molar refractivity (Wildman–Crippen MR) is 104 cm³/mol. The van der Waals surface area contributed by atoms with Crippen LogP contribution in [0.25, 0.3) is 0 Å². The number of nitrogens with zero attached hydrogens (tertiary/aromatic N) is 1. The number of carbonyl (C=O) groups excluding carboxylic acids is 1. The molecular formula is C21H34N2O3. The van der Waals surface area contributed by atoms with Crippen molar-refractivity contribution in [3.63, 3.8) is 0 Å². The molecule has 5 heteroatoms. The molecule has 2 rings (SSSR count). The number of para-hydroxylation sites is 1. The molecular weight excluding hydrogens is 328 g/mol. The van der Waals surface area contributed by atoms with Crippen LogP contribution in [0.5, 0.6) is 5.75 Å². The van der Waals surface area contributed by atoms with E-state index in [1.807, 2.05) is 24.3 Å². The molecule has 0 heterocycles. The third-order valence-corrected chi connectivity index (χ3v) is 5.24. The second-order valence-electron chi connectivity index (χ2n) is 7.46. The second-order valence-corrected chi connectivity index (χ2v) is 7.46.